The van der Waals surface area contributed by atoms with Crippen LogP contribution in [0.1, 0.15) is 19.8 Å². The summed E-state index contributed by atoms with van der Waals surface area (Å²) >= 11 is 0. The fraction of sp³-hybridized carbons (Fsp3) is 0.857. The number of hydrogen-bond donors (Lipinski definition) is 4. The molecule has 0 unspecified atom stereocenters. The van der Waals surface area contributed by atoms with Crippen LogP contribution in [-0.2, 0) is 9.59 Å². The van der Waals surface area contributed by atoms with Crippen molar-refractivity contribution in [2.75, 3.05) is 59.9 Å². The highest BCUT2D eigenvalue weighted by Crippen LogP contribution is 1.91. The molecule has 0 aromatic rings. The van der Waals surface area contributed by atoms with Crippen LogP contribution in [0.4, 0.5) is 0 Å². The Hall–Kier alpha value is -1.18. The number of carbonyl (C=O) groups excluding carboxylic acids is 2. The van der Waals surface area contributed by atoms with E-state index >= 15 is 0 Å². The van der Waals surface area contributed by atoms with Gasteiger partial charge in [-0.2, -0.15) is 0 Å². The fourth-order valence-corrected chi connectivity index (χ4v) is 1.67. The molecule has 0 rings (SSSR count). The average Bonchev–Trinajstić information content (AvgIpc) is 2.47. The van der Waals surface area contributed by atoms with Gasteiger partial charge in [-0.25, -0.2) is 0 Å². The minimum atomic E-state index is 0.0483. The highest BCUT2D eigenvalue weighted by atomic mass is 16.2. The van der Waals surface area contributed by atoms with E-state index in [1.165, 1.54) is 0 Å². The highest BCUT2D eigenvalue weighted by molar-refractivity contribution is 5.76. The van der Waals surface area contributed by atoms with Gasteiger partial charge in [-0.05, 0) is 20.6 Å². The molecule has 0 heterocycles. The molecule has 0 bridgehead atoms. The Morgan fingerprint density at radius 2 is 1.43 bits per heavy atom. The molecule has 124 valence electrons. The first kappa shape index (κ1) is 19.8. The summed E-state index contributed by atoms with van der Waals surface area (Å²) in [7, 11) is 3.77. The van der Waals surface area contributed by atoms with Crippen LogP contribution in [0.3, 0.4) is 0 Å². The van der Waals surface area contributed by atoms with Crippen LogP contribution in [0.2, 0.25) is 0 Å². The van der Waals surface area contributed by atoms with E-state index in [4.69, 9.17) is 0 Å². The van der Waals surface area contributed by atoms with Crippen molar-refractivity contribution in [2.45, 2.75) is 19.8 Å². The van der Waals surface area contributed by atoms with E-state index in [0.717, 1.165) is 19.6 Å². The lowest BCUT2D eigenvalue weighted by atomic mass is 10.3. The number of likely N-dealkylation sites (N-methyl/N-ethyl adjacent to an activating group) is 2. The molecule has 0 radical (unpaired) electrons. The Bertz CT molecular complexity index is 287. The molecule has 2 amide bonds. The minimum absolute atomic E-state index is 0.0483. The second-order valence-electron chi connectivity index (χ2n) is 4.96. The number of rotatable bonds is 13. The summed E-state index contributed by atoms with van der Waals surface area (Å²) in [6, 6.07) is 0. The van der Waals surface area contributed by atoms with Gasteiger partial charge >= 0.3 is 0 Å². The topological polar surface area (TPSA) is 85.5 Å². The van der Waals surface area contributed by atoms with Crippen molar-refractivity contribution in [3.63, 3.8) is 0 Å². The maximum Gasteiger partial charge on any atom is 0.221 e. The zero-order valence-corrected chi connectivity index (χ0v) is 13.6. The van der Waals surface area contributed by atoms with Crippen LogP contribution in [0, 0.1) is 0 Å². The third kappa shape index (κ3) is 13.6. The molecule has 0 saturated carbocycles. The van der Waals surface area contributed by atoms with Crippen molar-refractivity contribution < 1.29 is 9.59 Å². The van der Waals surface area contributed by atoms with Gasteiger partial charge in [-0.15, -0.1) is 0 Å². The van der Waals surface area contributed by atoms with Crippen molar-refractivity contribution in [1.82, 2.24) is 26.2 Å². The van der Waals surface area contributed by atoms with Gasteiger partial charge < -0.3 is 26.2 Å². The Kier molecular flexibility index (Phi) is 13.0. The molecule has 0 fully saturated rings. The minimum Gasteiger partial charge on any atom is -0.355 e. The molecule has 0 aliphatic carbocycles. The summed E-state index contributed by atoms with van der Waals surface area (Å²) in [5.74, 6) is 0.102. The molecule has 0 saturated heterocycles. The second-order valence-corrected chi connectivity index (χ2v) is 4.96. The van der Waals surface area contributed by atoms with Crippen LogP contribution in [0.5, 0.6) is 0 Å². The number of amides is 2. The first-order chi connectivity index (χ1) is 10.1. The van der Waals surface area contributed by atoms with Crippen LogP contribution in [0.15, 0.2) is 0 Å². The lowest BCUT2D eigenvalue weighted by Gasteiger charge is -2.16. The van der Waals surface area contributed by atoms with Crippen LogP contribution in [0.25, 0.3) is 0 Å². The number of carbonyl (C=O) groups is 2. The Morgan fingerprint density at radius 3 is 1.90 bits per heavy atom. The normalized spacial score (nSPS) is 10.7. The van der Waals surface area contributed by atoms with Gasteiger partial charge in [0.2, 0.25) is 11.8 Å². The van der Waals surface area contributed by atoms with E-state index in [9.17, 15) is 9.59 Å². The average molecular weight is 301 g/mol. The van der Waals surface area contributed by atoms with Gasteiger partial charge in [0.25, 0.3) is 0 Å². The van der Waals surface area contributed by atoms with Crippen molar-refractivity contribution in [1.29, 1.82) is 0 Å². The Balaban J connectivity index is 3.54. The summed E-state index contributed by atoms with van der Waals surface area (Å²) in [6.45, 7) is 7.14. The maximum absolute atomic E-state index is 11.6. The molecule has 4 N–H and O–H groups in total. The smallest absolute Gasteiger partial charge is 0.221 e. The third-order valence-corrected chi connectivity index (χ3v) is 3.01. The summed E-state index contributed by atoms with van der Waals surface area (Å²) in [6.07, 6.45) is 0.923. The molecule has 21 heavy (non-hydrogen) atoms. The largest absolute Gasteiger partial charge is 0.355 e. The Labute approximate surface area is 128 Å². The van der Waals surface area contributed by atoms with E-state index in [1.807, 2.05) is 25.9 Å². The predicted octanol–water partition coefficient (Wildman–Crippen LogP) is -1.24. The van der Waals surface area contributed by atoms with E-state index in [0.29, 0.717) is 39.0 Å². The number of nitrogens with zero attached hydrogens (tertiary/aromatic N) is 1. The lowest BCUT2D eigenvalue weighted by Crippen LogP contribution is -2.35. The molecular formula is C14H31N5O2. The van der Waals surface area contributed by atoms with Gasteiger partial charge in [-0.3, -0.25) is 9.59 Å². The molecule has 7 heteroatoms. The van der Waals surface area contributed by atoms with E-state index in [2.05, 4.69) is 21.3 Å². The van der Waals surface area contributed by atoms with Crippen LogP contribution in [-0.4, -0.2) is 76.6 Å². The molecule has 0 aromatic heterocycles. The zero-order valence-electron chi connectivity index (χ0n) is 13.6. The molecule has 7 nitrogen and oxygen atoms in total. The number of hydrogen-bond acceptors (Lipinski definition) is 5. The van der Waals surface area contributed by atoms with Gasteiger partial charge in [0, 0.05) is 52.1 Å². The second kappa shape index (κ2) is 13.8. The number of nitrogens with one attached hydrogen (secondary N) is 4. The molecule has 0 spiro atoms. The quantitative estimate of drug-likeness (QED) is 0.320. The Morgan fingerprint density at radius 1 is 0.905 bits per heavy atom. The molecular weight excluding hydrogens is 270 g/mol. The van der Waals surface area contributed by atoms with E-state index < -0.39 is 0 Å². The molecule has 0 aliphatic rings. The van der Waals surface area contributed by atoms with Crippen LogP contribution >= 0.6 is 0 Å². The molecule has 0 aromatic carbocycles. The monoisotopic (exact) mass is 301 g/mol. The highest BCUT2D eigenvalue weighted by Gasteiger charge is 2.06. The summed E-state index contributed by atoms with van der Waals surface area (Å²) in [4.78, 5) is 25.1. The SMILES string of the molecule is CCNCCNC(=O)CCN(C)CCC(=O)NCCNC. The lowest BCUT2D eigenvalue weighted by molar-refractivity contribution is -0.121. The van der Waals surface area contributed by atoms with Crippen molar-refractivity contribution in [3.8, 4) is 0 Å². The van der Waals surface area contributed by atoms with E-state index in [1.54, 1.807) is 0 Å². The van der Waals surface area contributed by atoms with Gasteiger partial charge in [0.1, 0.15) is 0 Å². The van der Waals surface area contributed by atoms with Crippen molar-refractivity contribution >= 4 is 11.8 Å². The first-order valence-electron chi connectivity index (χ1n) is 7.67. The summed E-state index contributed by atoms with van der Waals surface area (Å²) < 4.78 is 0. The van der Waals surface area contributed by atoms with Gasteiger partial charge in [0.15, 0.2) is 0 Å². The maximum atomic E-state index is 11.6. The van der Waals surface area contributed by atoms with Crippen LogP contribution < -0.4 is 21.3 Å². The zero-order chi connectivity index (χ0) is 15.9. The molecule has 0 atom stereocenters. The van der Waals surface area contributed by atoms with Gasteiger partial charge in [0.05, 0.1) is 0 Å². The third-order valence-electron chi connectivity index (χ3n) is 3.01. The summed E-state index contributed by atoms with van der Waals surface area (Å²) in [5, 5.41) is 11.8. The first-order valence-corrected chi connectivity index (χ1v) is 7.67. The van der Waals surface area contributed by atoms with Crippen molar-refractivity contribution in [2.24, 2.45) is 0 Å². The predicted molar refractivity (Wildman–Crippen MR) is 85.2 cm³/mol. The molecule has 0 aliphatic heterocycles. The van der Waals surface area contributed by atoms with Crippen molar-refractivity contribution in [3.05, 3.63) is 0 Å². The summed E-state index contributed by atoms with van der Waals surface area (Å²) in [5.41, 5.74) is 0. The fourth-order valence-electron chi connectivity index (χ4n) is 1.67. The van der Waals surface area contributed by atoms with E-state index in [-0.39, 0.29) is 11.8 Å². The van der Waals surface area contributed by atoms with Gasteiger partial charge in [-0.1, -0.05) is 6.92 Å². The standard InChI is InChI=1S/C14H31N5O2/c1-4-16-8-10-18-14(21)6-12-19(3)11-5-13(20)17-9-7-15-2/h15-16H,4-12H2,1-3H3,(H,17,20)(H,18,21).